The summed E-state index contributed by atoms with van der Waals surface area (Å²) in [5, 5.41) is 12.1. The van der Waals surface area contributed by atoms with Crippen LogP contribution in [0, 0.1) is 0 Å². The summed E-state index contributed by atoms with van der Waals surface area (Å²) in [5.41, 5.74) is 1.57. The average molecular weight is 216 g/mol. The van der Waals surface area contributed by atoms with Crippen LogP contribution in [0.4, 0.5) is 5.69 Å². The molecule has 4 nitrogen and oxygen atoms in total. The Labute approximate surface area is 93.3 Å². The van der Waals surface area contributed by atoms with Gasteiger partial charge in [-0.3, -0.25) is 9.79 Å². The van der Waals surface area contributed by atoms with Crippen LogP contribution in [0.5, 0.6) is 0 Å². The van der Waals surface area contributed by atoms with Crippen LogP contribution >= 0.6 is 0 Å². The van der Waals surface area contributed by atoms with E-state index >= 15 is 0 Å². The van der Waals surface area contributed by atoms with Crippen molar-refractivity contribution >= 4 is 17.3 Å². The molecule has 0 saturated heterocycles. The fourth-order valence-corrected chi connectivity index (χ4v) is 1.60. The number of amides is 1. The third-order valence-electron chi connectivity index (χ3n) is 2.35. The summed E-state index contributed by atoms with van der Waals surface area (Å²) in [6, 6.07) is 9.32. The number of benzene rings is 1. The first-order valence-corrected chi connectivity index (χ1v) is 4.99. The van der Waals surface area contributed by atoms with Crippen molar-refractivity contribution in [1.82, 2.24) is 5.32 Å². The summed E-state index contributed by atoms with van der Waals surface area (Å²) < 4.78 is 0. The van der Waals surface area contributed by atoms with E-state index in [4.69, 9.17) is 0 Å². The Hall–Kier alpha value is -2.10. The van der Waals surface area contributed by atoms with Gasteiger partial charge in [-0.05, 0) is 19.1 Å². The van der Waals surface area contributed by atoms with Crippen molar-refractivity contribution in [3.05, 3.63) is 41.7 Å². The van der Waals surface area contributed by atoms with Gasteiger partial charge in [0.15, 0.2) is 0 Å². The molecule has 1 aromatic rings. The van der Waals surface area contributed by atoms with Gasteiger partial charge in [0.1, 0.15) is 5.76 Å². The molecular weight excluding hydrogens is 204 g/mol. The lowest BCUT2D eigenvalue weighted by atomic mass is 10.1. The van der Waals surface area contributed by atoms with E-state index in [9.17, 15) is 9.90 Å². The van der Waals surface area contributed by atoms with Crippen LogP contribution in [-0.4, -0.2) is 23.3 Å². The largest absolute Gasteiger partial charge is 0.510 e. The highest BCUT2D eigenvalue weighted by Gasteiger charge is 2.24. The lowest BCUT2D eigenvalue weighted by Gasteiger charge is -2.00. The molecule has 0 fully saturated rings. The van der Waals surface area contributed by atoms with Gasteiger partial charge in [0, 0.05) is 0 Å². The molecule has 0 aromatic heterocycles. The number of hydrogen-bond acceptors (Lipinski definition) is 3. The maximum absolute atomic E-state index is 11.4. The van der Waals surface area contributed by atoms with E-state index in [2.05, 4.69) is 10.3 Å². The third-order valence-corrected chi connectivity index (χ3v) is 2.35. The Kier molecular flexibility index (Phi) is 2.72. The van der Waals surface area contributed by atoms with Gasteiger partial charge in [0.2, 0.25) is 0 Å². The summed E-state index contributed by atoms with van der Waals surface area (Å²) in [4.78, 5) is 15.7. The van der Waals surface area contributed by atoms with Crippen molar-refractivity contribution < 1.29 is 9.90 Å². The molecule has 0 atom stereocenters. The monoisotopic (exact) mass is 216 g/mol. The Balaban J connectivity index is 2.33. The number of nitrogens with zero attached hydrogens (tertiary/aromatic N) is 1. The highest BCUT2D eigenvalue weighted by atomic mass is 16.3. The van der Waals surface area contributed by atoms with Gasteiger partial charge < -0.3 is 10.4 Å². The van der Waals surface area contributed by atoms with Crippen LogP contribution in [0.3, 0.4) is 0 Å². The van der Waals surface area contributed by atoms with Crippen molar-refractivity contribution in [1.29, 1.82) is 0 Å². The minimum absolute atomic E-state index is 0.0576. The Morgan fingerprint density at radius 3 is 2.62 bits per heavy atom. The van der Waals surface area contributed by atoms with Crippen molar-refractivity contribution in [2.45, 2.75) is 6.92 Å². The Morgan fingerprint density at radius 2 is 2.06 bits per heavy atom. The number of aliphatic hydroxyl groups is 1. The van der Waals surface area contributed by atoms with Crippen LogP contribution in [0.1, 0.15) is 6.92 Å². The molecule has 0 saturated carbocycles. The molecule has 2 N–H and O–H groups in total. The first-order valence-electron chi connectivity index (χ1n) is 4.99. The maximum atomic E-state index is 11.4. The lowest BCUT2D eigenvalue weighted by molar-refractivity contribution is -0.116. The smallest absolute Gasteiger partial charge is 0.256 e. The number of hydrogen-bond donors (Lipinski definition) is 2. The van der Waals surface area contributed by atoms with Crippen LogP contribution in [0.25, 0.3) is 0 Å². The van der Waals surface area contributed by atoms with Crippen LogP contribution < -0.4 is 5.32 Å². The minimum atomic E-state index is -0.269. The van der Waals surface area contributed by atoms with Crippen molar-refractivity contribution in [2.24, 2.45) is 4.99 Å². The van der Waals surface area contributed by atoms with Gasteiger partial charge in [-0.25, -0.2) is 0 Å². The van der Waals surface area contributed by atoms with Crippen molar-refractivity contribution in [3.8, 4) is 0 Å². The van der Waals surface area contributed by atoms with E-state index in [0.717, 1.165) is 5.69 Å². The van der Waals surface area contributed by atoms with E-state index in [1.807, 2.05) is 30.3 Å². The Morgan fingerprint density at radius 1 is 1.38 bits per heavy atom. The van der Waals surface area contributed by atoms with Gasteiger partial charge in [-0.2, -0.15) is 0 Å². The predicted molar refractivity (Wildman–Crippen MR) is 61.9 cm³/mol. The highest BCUT2D eigenvalue weighted by molar-refractivity contribution is 6.22. The van der Waals surface area contributed by atoms with E-state index < -0.39 is 0 Å². The van der Waals surface area contributed by atoms with Gasteiger partial charge in [-0.15, -0.1) is 0 Å². The second kappa shape index (κ2) is 4.18. The van der Waals surface area contributed by atoms with Gasteiger partial charge in [0.25, 0.3) is 5.91 Å². The number of nitrogens with one attached hydrogen (secondary N) is 1. The topological polar surface area (TPSA) is 61.7 Å². The lowest BCUT2D eigenvalue weighted by Crippen LogP contribution is -2.19. The fraction of sp³-hybridized carbons (Fsp3) is 0.167. The zero-order chi connectivity index (χ0) is 11.5. The van der Waals surface area contributed by atoms with E-state index in [-0.39, 0.29) is 23.8 Å². The first kappa shape index (κ1) is 10.4. The molecule has 0 spiro atoms. The zero-order valence-corrected chi connectivity index (χ0v) is 8.90. The fourth-order valence-electron chi connectivity index (χ4n) is 1.60. The summed E-state index contributed by atoms with van der Waals surface area (Å²) in [7, 11) is 0. The molecule has 0 radical (unpaired) electrons. The van der Waals surface area contributed by atoms with E-state index in [0.29, 0.717) is 5.71 Å². The molecule has 1 heterocycles. The summed E-state index contributed by atoms with van der Waals surface area (Å²) >= 11 is 0. The number of para-hydroxylation sites is 1. The van der Waals surface area contributed by atoms with Crippen LogP contribution in [0.2, 0.25) is 0 Å². The number of carbonyl (C=O) groups excluding carboxylic acids is 1. The quantitative estimate of drug-likeness (QED) is 0.739. The van der Waals surface area contributed by atoms with E-state index in [1.165, 1.54) is 0 Å². The van der Waals surface area contributed by atoms with Gasteiger partial charge in [-0.1, -0.05) is 18.2 Å². The Bertz CT molecular complexity index is 475. The van der Waals surface area contributed by atoms with Gasteiger partial charge >= 0.3 is 0 Å². The standard InChI is InChI=1S/C12H12N2O2/c1-8(11-10(15)7-13-12(11)16)14-9-5-3-2-4-6-9/h2-6,15H,7H2,1H3,(H,13,16). The molecule has 0 aliphatic carbocycles. The molecule has 1 amide bonds. The number of aliphatic hydroxyl groups excluding tert-OH is 1. The van der Waals surface area contributed by atoms with Crippen LogP contribution in [0.15, 0.2) is 46.7 Å². The molecule has 0 bridgehead atoms. The molecular formula is C12H12N2O2. The van der Waals surface area contributed by atoms with Gasteiger partial charge in [0.05, 0.1) is 23.5 Å². The normalized spacial score (nSPS) is 16.6. The molecule has 4 heteroatoms. The summed E-state index contributed by atoms with van der Waals surface area (Å²) in [6.45, 7) is 1.90. The molecule has 16 heavy (non-hydrogen) atoms. The summed E-state index contributed by atoms with van der Waals surface area (Å²) in [5.74, 6) is -0.211. The number of rotatable bonds is 2. The third kappa shape index (κ3) is 1.95. The van der Waals surface area contributed by atoms with Crippen molar-refractivity contribution in [3.63, 3.8) is 0 Å². The zero-order valence-electron chi connectivity index (χ0n) is 8.90. The maximum Gasteiger partial charge on any atom is 0.256 e. The SMILES string of the molecule is CC(=Nc1ccccc1)C1=C(O)CNC1=O. The molecule has 1 aromatic carbocycles. The molecule has 82 valence electrons. The minimum Gasteiger partial charge on any atom is -0.510 e. The van der Waals surface area contributed by atoms with E-state index in [1.54, 1.807) is 6.92 Å². The van der Waals surface area contributed by atoms with Crippen LogP contribution in [-0.2, 0) is 4.79 Å². The first-order chi connectivity index (χ1) is 7.68. The number of carbonyl (C=O) groups is 1. The molecule has 1 aliphatic heterocycles. The molecule has 1 aliphatic rings. The number of aliphatic imine (C=N–C) groups is 1. The second-order valence-electron chi connectivity index (χ2n) is 3.54. The van der Waals surface area contributed by atoms with Crippen molar-refractivity contribution in [2.75, 3.05) is 6.54 Å². The average Bonchev–Trinajstić information content (AvgIpc) is 2.60. The second-order valence-corrected chi connectivity index (χ2v) is 3.54. The molecule has 0 unspecified atom stereocenters. The predicted octanol–water partition coefficient (Wildman–Crippen LogP) is 1.72. The molecule has 2 rings (SSSR count). The highest BCUT2D eigenvalue weighted by Crippen LogP contribution is 2.16. The summed E-state index contributed by atoms with van der Waals surface area (Å²) in [6.07, 6.45) is 0.